The molecule has 7 heterocycles. The number of hydrogen-bond acceptors (Lipinski definition) is 7. The van der Waals surface area contributed by atoms with Gasteiger partial charge in [-0.1, -0.05) is 6.07 Å². The molecule has 2 N–H and O–H groups in total. The van der Waals surface area contributed by atoms with Crippen molar-refractivity contribution >= 4 is 33.4 Å². The van der Waals surface area contributed by atoms with Gasteiger partial charge in [-0.05, 0) is 67.7 Å². The Balaban J connectivity index is 1.20. The summed E-state index contributed by atoms with van der Waals surface area (Å²) in [6.45, 7) is 3.94. The van der Waals surface area contributed by atoms with Crippen LogP contribution in [-0.2, 0) is 0 Å². The maximum Gasteiger partial charge on any atom is 0.138 e. The minimum Gasteiger partial charge on any atom is -0.491 e. The number of pyridine rings is 3. The number of H-pyrrole nitrogens is 2. The van der Waals surface area contributed by atoms with Crippen molar-refractivity contribution in [1.29, 1.82) is 0 Å². The van der Waals surface area contributed by atoms with Gasteiger partial charge in [0.25, 0.3) is 0 Å². The number of fused-ring (bicyclic) bond motifs is 2. The Morgan fingerprint density at radius 1 is 1.05 bits per heavy atom. The fourth-order valence-corrected chi connectivity index (χ4v) is 5.75. The highest BCUT2D eigenvalue weighted by molar-refractivity contribution is 7.13. The average Bonchev–Trinajstić information content (AvgIpc) is 3.74. The van der Waals surface area contributed by atoms with Crippen LogP contribution in [-0.4, -0.2) is 61.3 Å². The lowest BCUT2D eigenvalue weighted by molar-refractivity contribution is 0.237. The lowest BCUT2D eigenvalue weighted by Gasteiger charge is -2.15. The molecule has 9 heteroatoms. The molecule has 8 nitrogen and oxygen atoms in total. The molecule has 0 bridgehead atoms. The lowest BCUT2D eigenvalue weighted by atomic mass is 10.1. The van der Waals surface area contributed by atoms with E-state index in [-0.39, 0.29) is 0 Å². The molecule has 0 saturated carbocycles. The van der Waals surface area contributed by atoms with Crippen molar-refractivity contribution in [2.24, 2.45) is 0 Å². The quantitative estimate of drug-likeness (QED) is 0.285. The molecule has 0 spiro atoms. The van der Waals surface area contributed by atoms with Crippen LogP contribution in [0.5, 0.6) is 5.75 Å². The molecule has 1 fully saturated rings. The molecule has 0 aliphatic carbocycles. The van der Waals surface area contributed by atoms with E-state index in [0.717, 1.165) is 62.6 Å². The summed E-state index contributed by atoms with van der Waals surface area (Å²) < 4.78 is 6.01. The van der Waals surface area contributed by atoms with E-state index >= 15 is 0 Å². The lowest BCUT2D eigenvalue weighted by Crippen LogP contribution is -2.25. The van der Waals surface area contributed by atoms with Gasteiger partial charge < -0.3 is 9.72 Å². The second-order valence-electron chi connectivity index (χ2n) is 9.25. The van der Waals surface area contributed by atoms with E-state index < -0.39 is 0 Å². The standard InChI is InChI=1S/C28H25N7OS/c1-2-10-35(9-1)11-12-36-19-14-18(16-29-17-19)22-5-6-23-26(31-22)27(34-33-23)24-15-21-20(25-4-3-13-37-25)7-8-30-28(21)32-24/h3-8,13-17H,1-2,9-12H2,(H,30,32)(H,33,34). The second-order valence-corrected chi connectivity index (χ2v) is 10.2. The molecule has 7 rings (SSSR count). The van der Waals surface area contributed by atoms with Crippen LogP contribution in [0.1, 0.15) is 12.8 Å². The van der Waals surface area contributed by atoms with Crippen molar-refractivity contribution < 1.29 is 4.74 Å². The van der Waals surface area contributed by atoms with Gasteiger partial charge in [-0.25, -0.2) is 9.97 Å². The first-order valence-electron chi connectivity index (χ1n) is 12.5. The van der Waals surface area contributed by atoms with Crippen molar-refractivity contribution in [3.8, 4) is 38.8 Å². The number of aromatic nitrogens is 6. The van der Waals surface area contributed by atoms with Crippen LogP contribution < -0.4 is 4.74 Å². The van der Waals surface area contributed by atoms with Crippen LogP contribution in [0.3, 0.4) is 0 Å². The molecule has 0 radical (unpaired) electrons. The zero-order valence-corrected chi connectivity index (χ0v) is 21.0. The van der Waals surface area contributed by atoms with Crippen LogP contribution in [0.25, 0.3) is 55.2 Å². The zero-order valence-electron chi connectivity index (χ0n) is 20.1. The van der Waals surface area contributed by atoms with Gasteiger partial charge in [-0.15, -0.1) is 11.3 Å². The molecule has 1 aliphatic heterocycles. The number of nitrogens with one attached hydrogen (secondary N) is 2. The van der Waals surface area contributed by atoms with Gasteiger partial charge in [-0.3, -0.25) is 15.0 Å². The van der Waals surface area contributed by atoms with E-state index in [1.165, 1.54) is 30.8 Å². The number of likely N-dealkylation sites (tertiary alicyclic amines) is 1. The molecule has 0 aromatic carbocycles. The van der Waals surface area contributed by atoms with Gasteiger partial charge in [0.2, 0.25) is 0 Å². The third-order valence-electron chi connectivity index (χ3n) is 6.87. The molecule has 37 heavy (non-hydrogen) atoms. The Bertz CT molecular complexity index is 1680. The molecule has 1 aliphatic rings. The average molecular weight is 508 g/mol. The highest BCUT2D eigenvalue weighted by Crippen LogP contribution is 2.35. The highest BCUT2D eigenvalue weighted by atomic mass is 32.1. The molecule has 1 saturated heterocycles. The summed E-state index contributed by atoms with van der Waals surface area (Å²) in [5.41, 5.74) is 7.02. The SMILES string of the molecule is c1csc(-c2ccnc3[nH]c(-c4n[nH]c5ccc(-c6cncc(OCCN7CCCC7)c6)nc45)cc23)c1. The number of thiophene rings is 1. The molecular weight excluding hydrogens is 482 g/mol. The summed E-state index contributed by atoms with van der Waals surface area (Å²) in [7, 11) is 0. The van der Waals surface area contributed by atoms with Gasteiger partial charge in [0.05, 0.1) is 23.1 Å². The number of nitrogens with zero attached hydrogens (tertiary/aromatic N) is 5. The van der Waals surface area contributed by atoms with Gasteiger partial charge in [0.1, 0.15) is 29.2 Å². The highest BCUT2D eigenvalue weighted by Gasteiger charge is 2.17. The molecule has 184 valence electrons. The predicted molar refractivity (Wildman–Crippen MR) is 147 cm³/mol. The summed E-state index contributed by atoms with van der Waals surface area (Å²) >= 11 is 1.72. The van der Waals surface area contributed by atoms with E-state index in [0.29, 0.717) is 6.61 Å². The van der Waals surface area contributed by atoms with Gasteiger partial charge in [0, 0.05) is 40.3 Å². The zero-order chi connectivity index (χ0) is 24.6. The first kappa shape index (κ1) is 22.1. The summed E-state index contributed by atoms with van der Waals surface area (Å²) in [6.07, 6.45) is 7.99. The van der Waals surface area contributed by atoms with E-state index in [1.54, 1.807) is 17.5 Å². The number of hydrogen-bond donors (Lipinski definition) is 2. The van der Waals surface area contributed by atoms with Crippen LogP contribution in [0.2, 0.25) is 0 Å². The fourth-order valence-electron chi connectivity index (χ4n) is 4.99. The number of ether oxygens (including phenoxy) is 1. The first-order chi connectivity index (χ1) is 18.3. The third kappa shape index (κ3) is 4.26. The third-order valence-corrected chi connectivity index (χ3v) is 7.77. The summed E-state index contributed by atoms with van der Waals surface area (Å²) in [5, 5.41) is 10.9. The summed E-state index contributed by atoms with van der Waals surface area (Å²) in [6, 6.07) is 14.3. The van der Waals surface area contributed by atoms with Gasteiger partial charge in [0.15, 0.2) is 0 Å². The largest absolute Gasteiger partial charge is 0.491 e. The van der Waals surface area contributed by atoms with Crippen LogP contribution in [0, 0.1) is 0 Å². The Hall–Kier alpha value is -4.08. The van der Waals surface area contributed by atoms with Crippen molar-refractivity contribution in [2.75, 3.05) is 26.2 Å². The molecule has 0 amide bonds. The summed E-state index contributed by atoms with van der Waals surface area (Å²) in [5.74, 6) is 0.758. The first-order valence-corrected chi connectivity index (χ1v) is 13.4. The van der Waals surface area contributed by atoms with E-state index in [9.17, 15) is 0 Å². The van der Waals surface area contributed by atoms with E-state index in [1.807, 2.05) is 30.6 Å². The van der Waals surface area contributed by atoms with Gasteiger partial charge >= 0.3 is 0 Å². The molecule has 6 aromatic rings. The second kappa shape index (κ2) is 9.42. The normalized spacial score (nSPS) is 14.2. The summed E-state index contributed by atoms with van der Waals surface area (Å²) in [4.78, 5) is 21.0. The Labute approximate surface area is 217 Å². The molecular formula is C28H25N7OS. The Morgan fingerprint density at radius 2 is 2.00 bits per heavy atom. The maximum atomic E-state index is 6.01. The van der Waals surface area contributed by atoms with E-state index in [4.69, 9.17) is 9.72 Å². The van der Waals surface area contributed by atoms with Gasteiger partial charge in [-0.2, -0.15) is 5.10 Å². The van der Waals surface area contributed by atoms with E-state index in [2.05, 4.69) is 59.7 Å². The Morgan fingerprint density at radius 3 is 2.89 bits per heavy atom. The predicted octanol–water partition coefficient (Wildman–Crippen LogP) is 5.77. The topological polar surface area (TPSA) is 95.6 Å². The monoisotopic (exact) mass is 507 g/mol. The van der Waals surface area contributed by atoms with Crippen molar-refractivity contribution in [3.05, 3.63) is 66.4 Å². The molecule has 0 unspecified atom stereocenters. The van der Waals surface area contributed by atoms with Crippen LogP contribution in [0.4, 0.5) is 0 Å². The van der Waals surface area contributed by atoms with Crippen LogP contribution in [0.15, 0.2) is 66.4 Å². The molecule has 6 aromatic heterocycles. The number of aromatic amines is 2. The van der Waals surface area contributed by atoms with Crippen molar-refractivity contribution in [3.63, 3.8) is 0 Å². The molecule has 0 atom stereocenters. The van der Waals surface area contributed by atoms with Crippen LogP contribution >= 0.6 is 11.3 Å². The fraction of sp³-hybridized carbons (Fsp3) is 0.214. The minimum absolute atomic E-state index is 0.658. The number of rotatable bonds is 7. The Kier molecular flexibility index (Phi) is 5.64. The smallest absolute Gasteiger partial charge is 0.138 e. The minimum atomic E-state index is 0.658. The van der Waals surface area contributed by atoms with Crippen molar-refractivity contribution in [1.82, 2.24) is 35.0 Å². The maximum absolute atomic E-state index is 6.01. The van der Waals surface area contributed by atoms with Crippen molar-refractivity contribution in [2.45, 2.75) is 12.8 Å².